The number of aromatic amines is 1. The third-order valence-electron chi connectivity index (χ3n) is 0.618. The van der Waals surface area contributed by atoms with E-state index in [1.807, 2.05) is 0 Å². The second-order valence-electron chi connectivity index (χ2n) is 1.14. The van der Waals surface area contributed by atoms with Gasteiger partial charge in [0.1, 0.15) is 6.33 Å². The average molecular weight is 186 g/mol. The molecule has 0 fully saturated rings. The summed E-state index contributed by atoms with van der Waals surface area (Å²) in [6.45, 7) is 0. The molecule has 0 spiro atoms. The van der Waals surface area contributed by atoms with Crippen molar-refractivity contribution < 1.29 is 9.90 Å². The van der Waals surface area contributed by atoms with Gasteiger partial charge in [0.15, 0.2) is 0 Å². The molecule has 1 heterocycles. The quantitative estimate of drug-likeness (QED) is 0.662. The summed E-state index contributed by atoms with van der Waals surface area (Å²) in [6.07, 6.45) is 1.14. The van der Waals surface area contributed by atoms with Crippen LogP contribution < -0.4 is 0 Å². The van der Waals surface area contributed by atoms with Crippen LogP contribution in [0.25, 0.3) is 0 Å². The minimum atomic E-state index is -1.09. The summed E-state index contributed by atoms with van der Waals surface area (Å²) in [4.78, 5) is 13.3. The van der Waals surface area contributed by atoms with Crippen LogP contribution in [0.5, 0.6) is 0 Å². The molecule has 5 nitrogen and oxygen atoms in total. The molecule has 7 heteroatoms. The molecule has 0 radical (unpaired) electrons. The van der Waals surface area contributed by atoms with Crippen molar-refractivity contribution in [3.05, 3.63) is 12.2 Å². The van der Waals surface area contributed by atoms with Crippen LogP contribution in [-0.2, 0) is 0 Å². The lowest BCUT2D eigenvalue weighted by molar-refractivity contribution is 0.0684. The Bertz CT molecular complexity index is 188. The zero-order chi connectivity index (χ0) is 5.98. The number of aromatic carboxylic acids is 1. The number of carboxylic acid groups (broad SMARTS) is 1. The molecule has 0 aliphatic rings. The van der Waals surface area contributed by atoms with Crippen LogP contribution in [0, 0.1) is 0 Å². The predicted octanol–water partition coefficient (Wildman–Crippen LogP) is 0.346. The number of halogens is 2. The molecule has 0 aliphatic heterocycles. The van der Waals surface area contributed by atoms with Gasteiger partial charge in [0.25, 0.3) is 0 Å². The Kier molecular flexibility index (Phi) is 5.98. The summed E-state index contributed by atoms with van der Waals surface area (Å²) in [7, 11) is 0. The summed E-state index contributed by atoms with van der Waals surface area (Å²) in [5, 5.41) is 13.6. The van der Waals surface area contributed by atoms with Gasteiger partial charge in [-0.15, -0.1) is 24.8 Å². The zero-order valence-electron chi connectivity index (χ0n) is 4.64. The van der Waals surface area contributed by atoms with Crippen molar-refractivity contribution in [3.8, 4) is 0 Å². The highest BCUT2D eigenvalue weighted by molar-refractivity contribution is 5.85. The van der Waals surface area contributed by atoms with Crippen molar-refractivity contribution in [3.63, 3.8) is 0 Å². The Balaban J connectivity index is 0. The van der Waals surface area contributed by atoms with Crippen molar-refractivity contribution in [1.29, 1.82) is 0 Å². The van der Waals surface area contributed by atoms with E-state index in [9.17, 15) is 4.79 Å². The molecular weight excluding hydrogens is 181 g/mol. The number of carbonyl (C=O) groups is 1. The van der Waals surface area contributed by atoms with Crippen LogP contribution in [0.15, 0.2) is 6.33 Å². The fraction of sp³-hybridized carbons (Fsp3) is 0. The number of aromatic nitrogens is 3. The van der Waals surface area contributed by atoms with Gasteiger partial charge < -0.3 is 5.11 Å². The number of H-pyrrole nitrogens is 1. The fourth-order valence-corrected chi connectivity index (χ4v) is 0.309. The molecule has 2 N–H and O–H groups in total. The van der Waals surface area contributed by atoms with E-state index in [1.54, 1.807) is 0 Å². The smallest absolute Gasteiger partial charge is 0.373 e. The van der Waals surface area contributed by atoms with Gasteiger partial charge in [0.05, 0.1) is 0 Å². The molecule has 10 heavy (non-hydrogen) atoms. The first-order valence-corrected chi connectivity index (χ1v) is 1.89. The van der Waals surface area contributed by atoms with Crippen molar-refractivity contribution in [2.24, 2.45) is 0 Å². The van der Waals surface area contributed by atoms with Gasteiger partial charge in [-0.2, -0.15) is 5.10 Å². The van der Waals surface area contributed by atoms with E-state index in [0.29, 0.717) is 0 Å². The van der Waals surface area contributed by atoms with Gasteiger partial charge in [-0.3, -0.25) is 5.10 Å². The highest BCUT2D eigenvalue weighted by atomic mass is 35.5. The van der Waals surface area contributed by atoms with Crippen LogP contribution in [-0.4, -0.2) is 26.3 Å². The minimum absolute atomic E-state index is 0. The number of carboxylic acids is 1. The molecule has 1 aromatic heterocycles. The van der Waals surface area contributed by atoms with Gasteiger partial charge in [-0.05, 0) is 0 Å². The Morgan fingerprint density at radius 1 is 1.60 bits per heavy atom. The standard InChI is InChI=1S/C3H3N3O2.2ClH/c7-3(8)2-4-1-5-6-2;;/h1H,(H,7,8)(H,4,5,6);2*1H. The summed E-state index contributed by atoms with van der Waals surface area (Å²) >= 11 is 0. The zero-order valence-corrected chi connectivity index (χ0v) is 6.28. The molecule has 0 aromatic carbocycles. The van der Waals surface area contributed by atoms with Crippen LogP contribution in [0.1, 0.15) is 10.6 Å². The molecule has 0 aliphatic carbocycles. The van der Waals surface area contributed by atoms with Crippen molar-refractivity contribution >= 4 is 30.8 Å². The Morgan fingerprint density at radius 2 is 2.20 bits per heavy atom. The lowest BCUT2D eigenvalue weighted by atomic mass is 10.7. The maximum absolute atomic E-state index is 9.93. The SMILES string of the molecule is Cl.Cl.O=C(O)c1ncn[nH]1. The first kappa shape index (κ1) is 11.9. The van der Waals surface area contributed by atoms with Gasteiger partial charge in [-0.25, -0.2) is 9.78 Å². The van der Waals surface area contributed by atoms with Crippen LogP contribution in [0.3, 0.4) is 0 Å². The number of hydrogen-bond acceptors (Lipinski definition) is 3. The highest BCUT2D eigenvalue weighted by Gasteiger charge is 2.01. The van der Waals surface area contributed by atoms with Gasteiger partial charge in [0.2, 0.25) is 5.82 Å². The summed E-state index contributed by atoms with van der Waals surface area (Å²) in [5.41, 5.74) is 0. The van der Waals surface area contributed by atoms with Crippen LogP contribution in [0.2, 0.25) is 0 Å². The Labute approximate surface area is 68.7 Å². The lowest BCUT2D eigenvalue weighted by Gasteiger charge is -1.77. The summed E-state index contributed by atoms with van der Waals surface area (Å²) < 4.78 is 0. The first-order chi connectivity index (χ1) is 3.80. The molecule has 0 atom stereocenters. The van der Waals surface area contributed by atoms with Gasteiger partial charge in [-0.1, -0.05) is 0 Å². The van der Waals surface area contributed by atoms with E-state index >= 15 is 0 Å². The number of nitrogens with zero attached hydrogens (tertiary/aromatic N) is 2. The highest BCUT2D eigenvalue weighted by Crippen LogP contribution is 1.80. The van der Waals surface area contributed by atoms with Gasteiger partial charge in [0, 0.05) is 0 Å². The monoisotopic (exact) mass is 185 g/mol. The molecule has 1 rings (SSSR count). The van der Waals surface area contributed by atoms with E-state index in [2.05, 4.69) is 15.2 Å². The number of hydrogen-bond donors (Lipinski definition) is 2. The molecular formula is C3H5Cl2N3O2. The van der Waals surface area contributed by atoms with E-state index in [1.165, 1.54) is 0 Å². The predicted molar refractivity (Wildman–Crippen MR) is 37.8 cm³/mol. The number of rotatable bonds is 1. The summed E-state index contributed by atoms with van der Waals surface area (Å²) in [6, 6.07) is 0. The molecule has 0 saturated heterocycles. The minimum Gasteiger partial charge on any atom is -0.475 e. The Morgan fingerprint density at radius 3 is 2.40 bits per heavy atom. The van der Waals surface area contributed by atoms with E-state index in [4.69, 9.17) is 5.11 Å². The number of nitrogens with one attached hydrogen (secondary N) is 1. The van der Waals surface area contributed by atoms with Gasteiger partial charge >= 0.3 is 5.97 Å². The normalized spacial score (nSPS) is 7.20. The third-order valence-corrected chi connectivity index (χ3v) is 0.618. The lowest BCUT2D eigenvalue weighted by Crippen LogP contribution is -1.97. The molecule has 0 amide bonds. The van der Waals surface area contributed by atoms with Crippen molar-refractivity contribution in [2.45, 2.75) is 0 Å². The maximum Gasteiger partial charge on any atom is 0.373 e. The molecule has 0 saturated carbocycles. The van der Waals surface area contributed by atoms with E-state index in [0.717, 1.165) is 6.33 Å². The van der Waals surface area contributed by atoms with E-state index in [-0.39, 0.29) is 30.6 Å². The summed E-state index contributed by atoms with van der Waals surface area (Å²) in [5.74, 6) is -1.23. The third kappa shape index (κ3) is 2.65. The Hall–Kier alpha value is -0.810. The fourth-order valence-electron chi connectivity index (χ4n) is 0.309. The largest absolute Gasteiger partial charge is 0.475 e. The van der Waals surface area contributed by atoms with Crippen LogP contribution in [0.4, 0.5) is 0 Å². The van der Waals surface area contributed by atoms with Crippen molar-refractivity contribution in [2.75, 3.05) is 0 Å². The van der Waals surface area contributed by atoms with Crippen LogP contribution >= 0.6 is 24.8 Å². The molecule has 1 aromatic rings. The van der Waals surface area contributed by atoms with Crippen molar-refractivity contribution in [1.82, 2.24) is 15.2 Å². The maximum atomic E-state index is 9.93. The second kappa shape index (κ2) is 5.01. The van der Waals surface area contributed by atoms with E-state index < -0.39 is 5.97 Å². The average Bonchev–Trinajstić information content (AvgIpc) is 2.12. The second-order valence-corrected chi connectivity index (χ2v) is 1.14. The molecule has 0 bridgehead atoms. The molecule has 0 unspecified atom stereocenters. The molecule has 58 valence electrons. The topological polar surface area (TPSA) is 78.9 Å². The first-order valence-electron chi connectivity index (χ1n) is 1.89.